The number of ether oxygens (including phenoxy) is 1. The zero-order valence-electron chi connectivity index (χ0n) is 14.8. The SMILES string of the molecule is CCOc1ccc(S(=O)(=O)NCC(O)c2ccc(C(C)C)cc2)cc1. The number of hydrogen-bond donors (Lipinski definition) is 2. The minimum Gasteiger partial charge on any atom is -0.494 e. The van der Waals surface area contributed by atoms with Crippen LogP contribution >= 0.6 is 0 Å². The zero-order valence-corrected chi connectivity index (χ0v) is 15.6. The van der Waals surface area contributed by atoms with Crippen LogP contribution in [0.4, 0.5) is 0 Å². The average molecular weight is 363 g/mol. The van der Waals surface area contributed by atoms with Crippen LogP contribution in [0.2, 0.25) is 0 Å². The molecule has 25 heavy (non-hydrogen) atoms. The molecule has 0 aliphatic rings. The second-order valence-electron chi connectivity index (χ2n) is 6.09. The van der Waals surface area contributed by atoms with Crippen LogP contribution in [-0.2, 0) is 10.0 Å². The Balaban J connectivity index is 2.00. The third-order valence-electron chi connectivity index (χ3n) is 3.90. The van der Waals surface area contributed by atoms with E-state index in [1.165, 1.54) is 17.7 Å². The molecule has 6 heteroatoms. The lowest BCUT2D eigenvalue weighted by atomic mass is 10.00. The fourth-order valence-electron chi connectivity index (χ4n) is 2.37. The van der Waals surface area contributed by atoms with Crippen molar-refractivity contribution in [1.29, 1.82) is 0 Å². The maximum absolute atomic E-state index is 12.3. The summed E-state index contributed by atoms with van der Waals surface area (Å²) < 4.78 is 32.4. The monoisotopic (exact) mass is 363 g/mol. The van der Waals surface area contributed by atoms with Gasteiger partial charge in [-0.3, -0.25) is 0 Å². The predicted molar refractivity (Wildman–Crippen MR) is 98.3 cm³/mol. The topological polar surface area (TPSA) is 75.6 Å². The molecule has 1 atom stereocenters. The first-order valence-electron chi connectivity index (χ1n) is 8.34. The van der Waals surface area contributed by atoms with E-state index in [2.05, 4.69) is 18.6 Å². The molecule has 0 saturated carbocycles. The molecule has 136 valence electrons. The Morgan fingerprint density at radius 3 is 2.08 bits per heavy atom. The molecule has 0 saturated heterocycles. The first-order valence-corrected chi connectivity index (χ1v) is 9.82. The molecule has 5 nitrogen and oxygen atoms in total. The van der Waals surface area contributed by atoms with Crippen LogP contribution in [0.15, 0.2) is 53.4 Å². The first kappa shape index (κ1) is 19.4. The molecule has 0 fully saturated rings. The van der Waals surface area contributed by atoms with Gasteiger partial charge in [-0.1, -0.05) is 38.1 Å². The summed E-state index contributed by atoms with van der Waals surface area (Å²) in [6.07, 6.45) is -0.904. The van der Waals surface area contributed by atoms with Gasteiger partial charge in [-0.2, -0.15) is 0 Å². The number of aliphatic hydroxyl groups is 1. The van der Waals surface area contributed by atoms with Crippen molar-refractivity contribution < 1.29 is 18.3 Å². The Morgan fingerprint density at radius 2 is 1.56 bits per heavy atom. The molecule has 0 aromatic heterocycles. The maximum Gasteiger partial charge on any atom is 0.240 e. The van der Waals surface area contributed by atoms with Gasteiger partial charge in [0.2, 0.25) is 10.0 Å². The molecule has 2 aromatic carbocycles. The number of rotatable bonds is 8. The standard InChI is InChI=1S/C19H25NO4S/c1-4-24-17-9-11-18(12-10-17)25(22,23)20-13-19(21)16-7-5-15(6-8-16)14(2)3/h5-12,14,19-21H,4,13H2,1-3H3. The van der Waals surface area contributed by atoms with Crippen LogP contribution in [0, 0.1) is 0 Å². The van der Waals surface area contributed by atoms with Crippen LogP contribution in [0.25, 0.3) is 0 Å². The molecule has 0 bridgehead atoms. The molecular formula is C19H25NO4S. The van der Waals surface area contributed by atoms with Crippen molar-refractivity contribution in [2.75, 3.05) is 13.2 Å². The normalized spacial score (nSPS) is 13.0. The highest BCUT2D eigenvalue weighted by Crippen LogP contribution is 2.20. The van der Waals surface area contributed by atoms with Crippen molar-refractivity contribution >= 4 is 10.0 Å². The minimum atomic E-state index is -3.68. The quantitative estimate of drug-likeness (QED) is 0.755. The summed E-state index contributed by atoms with van der Waals surface area (Å²) in [6.45, 7) is 6.48. The van der Waals surface area contributed by atoms with Gasteiger partial charge in [0.25, 0.3) is 0 Å². The van der Waals surface area contributed by atoms with Gasteiger partial charge in [0, 0.05) is 6.54 Å². The van der Waals surface area contributed by atoms with E-state index >= 15 is 0 Å². The van der Waals surface area contributed by atoms with Crippen molar-refractivity contribution in [3.05, 3.63) is 59.7 Å². The summed E-state index contributed by atoms with van der Waals surface area (Å²) in [6, 6.07) is 13.7. The van der Waals surface area contributed by atoms with E-state index < -0.39 is 16.1 Å². The molecule has 0 spiro atoms. The Morgan fingerprint density at radius 1 is 1.00 bits per heavy atom. The summed E-state index contributed by atoms with van der Waals surface area (Å²) in [5.41, 5.74) is 1.85. The van der Waals surface area contributed by atoms with Crippen molar-refractivity contribution in [3.63, 3.8) is 0 Å². The van der Waals surface area contributed by atoms with Crippen molar-refractivity contribution in [3.8, 4) is 5.75 Å². The number of sulfonamides is 1. The Labute approximate surface area is 149 Å². The largest absolute Gasteiger partial charge is 0.494 e. The summed E-state index contributed by atoms with van der Waals surface area (Å²) in [7, 11) is -3.68. The van der Waals surface area contributed by atoms with E-state index in [1.54, 1.807) is 12.1 Å². The Bertz CT molecular complexity index is 768. The van der Waals surface area contributed by atoms with Crippen LogP contribution < -0.4 is 9.46 Å². The van der Waals surface area contributed by atoms with Crippen molar-refractivity contribution in [2.24, 2.45) is 0 Å². The summed E-state index contributed by atoms with van der Waals surface area (Å²) in [5.74, 6) is 1.02. The van der Waals surface area contributed by atoms with Crippen molar-refractivity contribution in [2.45, 2.75) is 37.7 Å². The van der Waals surface area contributed by atoms with Crippen LogP contribution in [-0.4, -0.2) is 26.7 Å². The molecule has 0 radical (unpaired) electrons. The smallest absolute Gasteiger partial charge is 0.240 e. The van der Waals surface area contributed by atoms with E-state index in [1.807, 2.05) is 31.2 Å². The Hall–Kier alpha value is -1.89. The lowest BCUT2D eigenvalue weighted by Crippen LogP contribution is -2.28. The van der Waals surface area contributed by atoms with E-state index in [0.29, 0.717) is 23.8 Å². The van der Waals surface area contributed by atoms with Crippen LogP contribution in [0.5, 0.6) is 5.75 Å². The van der Waals surface area contributed by atoms with Gasteiger partial charge in [0.15, 0.2) is 0 Å². The summed E-state index contributed by atoms with van der Waals surface area (Å²) in [5, 5.41) is 10.2. The molecule has 0 heterocycles. The maximum atomic E-state index is 12.3. The molecular weight excluding hydrogens is 338 g/mol. The van der Waals surface area contributed by atoms with Gasteiger partial charge in [-0.25, -0.2) is 13.1 Å². The minimum absolute atomic E-state index is 0.0867. The Kier molecular flexibility index (Phi) is 6.58. The summed E-state index contributed by atoms with van der Waals surface area (Å²) in [4.78, 5) is 0.137. The zero-order chi connectivity index (χ0) is 18.4. The van der Waals surface area contributed by atoms with Gasteiger partial charge in [-0.05, 0) is 48.2 Å². The number of nitrogens with one attached hydrogen (secondary N) is 1. The average Bonchev–Trinajstić information content (AvgIpc) is 2.60. The van der Waals surface area contributed by atoms with Gasteiger partial charge < -0.3 is 9.84 Å². The molecule has 0 aliphatic carbocycles. The lowest BCUT2D eigenvalue weighted by Gasteiger charge is -2.14. The second kappa shape index (κ2) is 8.47. The van der Waals surface area contributed by atoms with Gasteiger partial charge in [-0.15, -0.1) is 0 Å². The number of benzene rings is 2. The van der Waals surface area contributed by atoms with E-state index in [4.69, 9.17) is 4.74 Å². The molecule has 0 aliphatic heterocycles. The van der Waals surface area contributed by atoms with E-state index in [9.17, 15) is 13.5 Å². The third-order valence-corrected chi connectivity index (χ3v) is 5.34. The molecule has 2 N–H and O–H groups in total. The van der Waals surface area contributed by atoms with Gasteiger partial charge >= 0.3 is 0 Å². The summed E-state index contributed by atoms with van der Waals surface area (Å²) >= 11 is 0. The number of hydrogen-bond acceptors (Lipinski definition) is 4. The van der Waals surface area contributed by atoms with E-state index in [-0.39, 0.29) is 11.4 Å². The third kappa shape index (κ3) is 5.29. The number of aliphatic hydroxyl groups excluding tert-OH is 1. The second-order valence-corrected chi connectivity index (χ2v) is 7.86. The van der Waals surface area contributed by atoms with E-state index in [0.717, 1.165) is 0 Å². The first-order chi connectivity index (χ1) is 11.8. The van der Waals surface area contributed by atoms with Crippen molar-refractivity contribution in [1.82, 2.24) is 4.72 Å². The molecule has 0 amide bonds. The highest BCUT2D eigenvalue weighted by molar-refractivity contribution is 7.89. The molecule has 2 aromatic rings. The fraction of sp³-hybridized carbons (Fsp3) is 0.368. The van der Waals surface area contributed by atoms with Gasteiger partial charge in [0.05, 0.1) is 17.6 Å². The van der Waals surface area contributed by atoms with Gasteiger partial charge in [0.1, 0.15) is 5.75 Å². The van der Waals surface area contributed by atoms with Crippen LogP contribution in [0.3, 0.4) is 0 Å². The molecule has 2 rings (SSSR count). The highest BCUT2D eigenvalue weighted by Gasteiger charge is 2.17. The molecule has 1 unspecified atom stereocenters. The fourth-order valence-corrected chi connectivity index (χ4v) is 3.41. The van der Waals surface area contributed by atoms with Crippen LogP contribution in [0.1, 0.15) is 43.9 Å². The highest BCUT2D eigenvalue weighted by atomic mass is 32.2. The predicted octanol–water partition coefficient (Wildman–Crippen LogP) is 3.22. The lowest BCUT2D eigenvalue weighted by molar-refractivity contribution is 0.182.